The van der Waals surface area contributed by atoms with Crippen molar-refractivity contribution in [2.24, 2.45) is 5.92 Å². The van der Waals surface area contributed by atoms with E-state index in [1.54, 1.807) is 6.92 Å². The van der Waals surface area contributed by atoms with Gasteiger partial charge in [-0.3, -0.25) is 9.59 Å². The van der Waals surface area contributed by atoms with Crippen LogP contribution >= 0.6 is 0 Å². The minimum atomic E-state index is -0.558. The van der Waals surface area contributed by atoms with Crippen LogP contribution < -0.4 is 5.32 Å². The predicted molar refractivity (Wildman–Crippen MR) is 70.4 cm³/mol. The van der Waals surface area contributed by atoms with Gasteiger partial charge in [0.05, 0.1) is 19.1 Å². The van der Waals surface area contributed by atoms with Gasteiger partial charge in [0.15, 0.2) is 0 Å². The van der Waals surface area contributed by atoms with Crippen LogP contribution in [0.25, 0.3) is 0 Å². The lowest BCUT2D eigenvalue weighted by molar-refractivity contribution is -0.144. The summed E-state index contributed by atoms with van der Waals surface area (Å²) in [6, 6.07) is 9.42. The topological polar surface area (TPSA) is 75.6 Å². The summed E-state index contributed by atoms with van der Waals surface area (Å²) in [6.07, 6.45) is 0.437. The number of ether oxygens (including phenoxy) is 1. The molecule has 1 rings (SSSR count). The van der Waals surface area contributed by atoms with Crippen molar-refractivity contribution in [3.05, 3.63) is 35.9 Å². The average molecular weight is 265 g/mol. The molecule has 0 heterocycles. The number of hydrogen-bond acceptors (Lipinski definition) is 4. The normalized spacial score (nSPS) is 11.7. The average Bonchev–Trinajstić information content (AvgIpc) is 2.43. The predicted octanol–water partition coefficient (Wildman–Crippen LogP) is 0.517. The number of hydrogen-bond donors (Lipinski definition) is 2. The number of rotatable bonds is 7. The molecule has 1 amide bonds. The van der Waals surface area contributed by atoms with E-state index in [0.717, 1.165) is 5.56 Å². The van der Waals surface area contributed by atoms with Crippen molar-refractivity contribution in [3.63, 3.8) is 0 Å². The van der Waals surface area contributed by atoms with Crippen LogP contribution in [0.1, 0.15) is 12.5 Å². The molecular formula is C14H19NO4. The third-order valence-electron chi connectivity index (χ3n) is 2.63. The van der Waals surface area contributed by atoms with Crippen molar-refractivity contribution in [2.75, 3.05) is 19.8 Å². The van der Waals surface area contributed by atoms with E-state index in [9.17, 15) is 14.7 Å². The maximum absolute atomic E-state index is 11.8. The van der Waals surface area contributed by atoms with Gasteiger partial charge in [0.25, 0.3) is 0 Å². The Kier molecular flexibility index (Phi) is 6.60. The highest BCUT2D eigenvalue weighted by molar-refractivity contribution is 5.83. The number of amides is 1. The summed E-state index contributed by atoms with van der Waals surface area (Å²) in [4.78, 5) is 22.9. The molecule has 2 N–H and O–H groups in total. The molecule has 0 aliphatic carbocycles. The molecule has 0 unspecified atom stereocenters. The van der Waals surface area contributed by atoms with Gasteiger partial charge < -0.3 is 15.2 Å². The van der Waals surface area contributed by atoms with Crippen LogP contribution in [0.15, 0.2) is 30.3 Å². The summed E-state index contributed by atoms with van der Waals surface area (Å²) in [5.41, 5.74) is 0.966. The second-order valence-corrected chi connectivity index (χ2v) is 4.09. The summed E-state index contributed by atoms with van der Waals surface area (Å²) in [6.45, 7) is 1.55. The summed E-state index contributed by atoms with van der Waals surface area (Å²) in [5, 5.41) is 11.7. The van der Waals surface area contributed by atoms with Gasteiger partial charge in [-0.25, -0.2) is 0 Å². The van der Waals surface area contributed by atoms with E-state index in [-0.39, 0.29) is 25.7 Å². The third kappa shape index (κ3) is 5.52. The maximum atomic E-state index is 11.8. The first-order valence-corrected chi connectivity index (χ1v) is 6.25. The summed E-state index contributed by atoms with van der Waals surface area (Å²) >= 11 is 0. The van der Waals surface area contributed by atoms with E-state index in [1.807, 2.05) is 30.3 Å². The quantitative estimate of drug-likeness (QED) is 0.705. The highest BCUT2D eigenvalue weighted by Crippen LogP contribution is 2.08. The van der Waals surface area contributed by atoms with Gasteiger partial charge in [0, 0.05) is 0 Å². The molecular weight excluding hydrogens is 246 g/mol. The minimum absolute atomic E-state index is 0.169. The fourth-order valence-electron chi connectivity index (χ4n) is 1.65. The molecule has 1 aromatic carbocycles. The van der Waals surface area contributed by atoms with E-state index in [1.165, 1.54) is 0 Å². The zero-order valence-corrected chi connectivity index (χ0v) is 11.0. The molecule has 0 bridgehead atoms. The van der Waals surface area contributed by atoms with E-state index in [0.29, 0.717) is 6.42 Å². The molecule has 0 aliphatic rings. The zero-order valence-electron chi connectivity index (χ0n) is 11.0. The maximum Gasteiger partial charge on any atom is 0.325 e. The Morgan fingerprint density at radius 2 is 2.00 bits per heavy atom. The number of carbonyl (C=O) groups excluding carboxylic acids is 2. The first kappa shape index (κ1) is 15.2. The Morgan fingerprint density at radius 1 is 1.32 bits per heavy atom. The number of carbonyl (C=O) groups is 2. The molecule has 0 spiro atoms. The summed E-state index contributed by atoms with van der Waals surface area (Å²) in [7, 11) is 0. The van der Waals surface area contributed by atoms with Gasteiger partial charge in [-0.05, 0) is 18.9 Å². The first-order chi connectivity index (χ1) is 9.17. The van der Waals surface area contributed by atoms with E-state index >= 15 is 0 Å². The highest BCUT2D eigenvalue weighted by atomic mass is 16.5. The monoisotopic (exact) mass is 265 g/mol. The van der Waals surface area contributed by atoms with Crippen molar-refractivity contribution in [1.82, 2.24) is 5.32 Å². The van der Waals surface area contributed by atoms with Gasteiger partial charge in [-0.1, -0.05) is 30.3 Å². The van der Waals surface area contributed by atoms with Crippen LogP contribution in [-0.2, 0) is 20.7 Å². The van der Waals surface area contributed by atoms with Crippen LogP contribution in [0.5, 0.6) is 0 Å². The molecule has 0 saturated carbocycles. The van der Waals surface area contributed by atoms with Crippen molar-refractivity contribution in [3.8, 4) is 0 Å². The standard InChI is InChI=1S/C14H19NO4/c1-2-19-13(17)9-15-14(18)12(10-16)8-11-6-4-3-5-7-11/h3-7,12,16H,2,8-10H2,1H3,(H,15,18)/t12-/m0/s1. The Hall–Kier alpha value is -1.88. The van der Waals surface area contributed by atoms with Crippen LogP contribution in [-0.4, -0.2) is 36.7 Å². The van der Waals surface area contributed by atoms with Gasteiger partial charge in [-0.2, -0.15) is 0 Å². The third-order valence-corrected chi connectivity index (χ3v) is 2.63. The second kappa shape index (κ2) is 8.26. The molecule has 0 aromatic heterocycles. The van der Waals surface area contributed by atoms with Gasteiger partial charge in [-0.15, -0.1) is 0 Å². The fourth-order valence-corrected chi connectivity index (χ4v) is 1.65. The second-order valence-electron chi connectivity index (χ2n) is 4.09. The molecule has 5 heteroatoms. The number of aliphatic hydroxyl groups excluding tert-OH is 1. The first-order valence-electron chi connectivity index (χ1n) is 6.25. The SMILES string of the molecule is CCOC(=O)CNC(=O)[C@H](CO)Cc1ccccc1. The summed E-state index contributed by atoms with van der Waals surface area (Å²) < 4.78 is 4.71. The molecule has 0 radical (unpaired) electrons. The van der Waals surface area contributed by atoms with Crippen LogP contribution in [0.2, 0.25) is 0 Å². The Labute approximate surface area is 112 Å². The fraction of sp³-hybridized carbons (Fsp3) is 0.429. The molecule has 0 saturated heterocycles. The smallest absolute Gasteiger partial charge is 0.325 e. The van der Waals surface area contributed by atoms with Crippen LogP contribution in [0.3, 0.4) is 0 Å². The summed E-state index contributed by atoms with van der Waals surface area (Å²) in [5.74, 6) is -1.39. The lowest BCUT2D eigenvalue weighted by atomic mass is 9.99. The number of benzene rings is 1. The largest absolute Gasteiger partial charge is 0.465 e. The van der Waals surface area contributed by atoms with Gasteiger partial charge in [0.2, 0.25) is 5.91 Å². The Morgan fingerprint density at radius 3 is 2.58 bits per heavy atom. The molecule has 0 fully saturated rings. The highest BCUT2D eigenvalue weighted by Gasteiger charge is 2.18. The van der Waals surface area contributed by atoms with Crippen molar-refractivity contribution >= 4 is 11.9 Å². The lowest BCUT2D eigenvalue weighted by Gasteiger charge is -2.14. The molecule has 104 valence electrons. The molecule has 1 atom stereocenters. The van der Waals surface area contributed by atoms with Crippen molar-refractivity contribution in [2.45, 2.75) is 13.3 Å². The number of nitrogens with one attached hydrogen (secondary N) is 1. The lowest BCUT2D eigenvalue weighted by Crippen LogP contribution is -2.37. The van der Waals surface area contributed by atoms with E-state index in [2.05, 4.69) is 5.32 Å². The molecule has 5 nitrogen and oxygen atoms in total. The van der Waals surface area contributed by atoms with Crippen molar-refractivity contribution < 1.29 is 19.4 Å². The van der Waals surface area contributed by atoms with E-state index < -0.39 is 11.9 Å². The molecule has 19 heavy (non-hydrogen) atoms. The van der Waals surface area contributed by atoms with Crippen LogP contribution in [0, 0.1) is 5.92 Å². The minimum Gasteiger partial charge on any atom is -0.465 e. The van der Waals surface area contributed by atoms with Crippen LogP contribution in [0.4, 0.5) is 0 Å². The van der Waals surface area contributed by atoms with Gasteiger partial charge in [0.1, 0.15) is 6.54 Å². The van der Waals surface area contributed by atoms with E-state index in [4.69, 9.17) is 4.74 Å². The Balaban J connectivity index is 2.46. The van der Waals surface area contributed by atoms with Gasteiger partial charge >= 0.3 is 5.97 Å². The Bertz CT molecular complexity index is 405. The molecule has 1 aromatic rings. The zero-order chi connectivity index (χ0) is 14.1. The number of esters is 1. The number of aliphatic hydroxyl groups is 1. The molecule has 0 aliphatic heterocycles. The van der Waals surface area contributed by atoms with Crippen molar-refractivity contribution in [1.29, 1.82) is 0 Å².